The molecule has 0 aliphatic carbocycles. The van der Waals surface area contributed by atoms with E-state index < -0.39 is 6.10 Å². The van der Waals surface area contributed by atoms with Crippen molar-refractivity contribution in [1.82, 2.24) is 5.32 Å². The van der Waals surface area contributed by atoms with Gasteiger partial charge in [-0.15, -0.1) is 0 Å². The van der Waals surface area contributed by atoms with Crippen LogP contribution in [0.1, 0.15) is 13.8 Å². The molecule has 0 spiro atoms. The lowest BCUT2D eigenvalue weighted by atomic mass is 10.3. The Kier molecular flexibility index (Phi) is 6.43. The molecule has 0 saturated heterocycles. The Bertz CT molecular complexity index is 300. The van der Waals surface area contributed by atoms with E-state index in [1.165, 1.54) is 0 Å². The molecule has 0 heterocycles. The van der Waals surface area contributed by atoms with Gasteiger partial charge < -0.3 is 19.9 Å². The van der Waals surface area contributed by atoms with Crippen molar-refractivity contribution in [2.45, 2.75) is 20.0 Å². The second-order valence-corrected chi connectivity index (χ2v) is 3.68. The second-order valence-electron chi connectivity index (χ2n) is 3.68. The lowest BCUT2D eigenvalue weighted by molar-refractivity contribution is 0.107. The molecule has 96 valence electrons. The molecule has 0 aliphatic heterocycles. The van der Waals surface area contributed by atoms with E-state index in [0.717, 1.165) is 18.0 Å². The van der Waals surface area contributed by atoms with E-state index in [1.807, 2.05) is 38.1 Å². The number of likely N-dealkylation sites (N-methyl/N-ethyl adjacent to an activating group) is 1. The molecule has 1 unspecified atom stereocenters. The van der Waals surface area contributed by atoms with Crippen molar-refractivity contribution in [3.8, 4) is 11.5 Å². The van der Waals surface area contributed by atoms with Crippen LogP contribution >= 0.6 is 0 Å². The highest BCUT2D eigenvalue weighted by Crippen LogP contribution is 2.17. The average molecular weight is 239 g/mol. The SMILES string of the molecule is CCNCC(O)COc1ccc(OCC)cc1. The Morgan fingerprint density at radius 1 is 1.12 bits per heavy atom. The first kappa shape index (κ1) is 13.8. The predicted molar refractivity (Wildman–Crippen MR) is 67.7 cm³/mol. The minimum Gasteiger partial charge on any atom is -0.494 e. The summed E-state index contributed by atoms with van der Waals surface area (Å²) >= 11 is 0. The summed E-state index contributed by atoms with van der Waals surface area (Å²) in [6.45, 7) is 6.29. The van der Waals surface area contributed by atoms with E-state index >= 15 is 0 Å². The second kappa shape index (κ2) is 7.92. The summed E-state index contributed by atoms with van der Waals surface area (Å²) in [5, 5.41) is 12.6. The number of rotatable bonds is 8. The number of aliphatic hydroxyl groups is 1. The first-order valence-electron chi connectivity index (χ1n) is 6.00. The molecule has 17 heavy (non-hydrogen) atoms. The van der Waals surface area contributed by atoms with E-state index in [2.05, 4.69) is 5.32 Å². The van der Waals surface area contributed by atoms with Gasteiger partial charge in [0.1, 0.15) is 24.2 Å². The summed E-state index contributed by atoms with van der Waals surface area (Å²) < 4.78 is 10.8. The van der Waals surface area contributed by atoms with Crippen LogP contribution in [0, 0.1) is 0 Å². The van der Waals surface area contributed by atoms with Crippen molar-refractivity contribution in [3.63, 3.8) is 0 Å². The Balaban J connectivity index is 2.31. The van der Waals surface area contributed by atoms with Gasteiger partial charge >= 0.3 is 0 Å². The summed E-state index contributed by atoms with van der Waals surface area (Å²) in [5.41, 5.74) is 0. The van der Waals surface area contributed by atoms with Crippen molar-refractivity contribution < 1.29 is 14.6 Å². The number of aliphatic hydroxyl groups excluding tert-OH is 1. The molecule has 1 rings (SSSR count). The zero-order valence-electron chi connectivity index (χ0n) is 10.5. The van der Waals surface area contributed by atoms with E-state index in [1.54, 1.807) is 0 Å². The maximum Gasteiger partial charge on any atom is 0.119 e. The summed E-state index contributed by atoms with van der Waals surface area (Å²) in [6, 6.07) is 7.39. The van der Waals surface area contributed by atoms with Crippen molar-refractivity contribution in [2.75, 3.05) is 26.3 Å². The van der Waals surface area contributed by atoms with Gasteiger partial charge in [-0.2, -0.15) is 0 Å². The highest BCUT2D eigenvalue weighted by atomic mass is 16.5. The van der Waals surface area contributed by atoms with Crippen LogP contribution in [0.2, 0.25) is 0 Å². The summed E-state index contributed by atoms with van der Waals surface area (Å²) in [6.07, 6.45) is -0.485. The molecule has 0 aliphatic rings. The fourth-order valence-electron chi connectivity index (χ4n) is 1.36. The molecule has 1 aromatic rings. The molecule has 1 atom stereocenters. The van der Waals surface area contributed by atoms with Crippen LogP contribution < -0.4 is 14.8 Å². The minimum absolute atomic E-state index is 0.293. The molecule has 0 radical (unpaired) electrons. The minimum atomic E-state index is -0.485. The Morgan fingerprint density at radius 2 is 1.71 bits per heavy atom. The van der Waals surface area contributed by atoms with Crippen molar-refractivity contribution in [1.29, 1.82) is 0 Å². The van der Waals surface area contributed by atoms with Crippen LogP contribution in [0.3, 0.4) is 0 Å². The van der Waals surface area contributed by atoms with Gasteiger partial charge in [0, 0.05) is 6.54 Å². The maximum absolute atomic E-state index is 9.57. The third-order valence-electron chi connectivity index (χ3n) is 2.21. The quantitative estimate of drug-likeness (QED) is 0.720. The molecule has 0 amide bonds. The number of ether oxygens (including phenoxy) is 2. The maximum atomic E-state index is 9.57. The van der Waals surface area contributed by atoms with Gasteiger partial charge in [-0.1, -0.05) is 6.92 Å². The van der Waals surface area contributed by atoms with Crippen molar-refractivity contribution >= 4 is 0 Å². The largest absolute Gasteiger partial charge is 0.494 e. The molecule has 0 aromatic heterocycles. The Morgan fingerprint density at radius 3 is 2.24 bits per heavy atom. The normalized spacial score (nSPS) is 12.2. The van der Waals surface area contributed by atoms with Gasteiger partial charge in [0.2, 0.25) is 0 Å². The highest BCUT2D eigenvalue weighted by molar-refractivity contribution is 5.31. The van der Waals surface area contributed by atoms with Crippen LogP contribution in [0.25, 0.3) is 0 Å². The lowest BCUT2D eigenvalue weighted by Gasteiger charge is -2.12. The van der Waals surface area contributed by atoms with Crippen molar-refractivity contribution in [2.24, 2.45) is 0 Å². The van der Waals surface area contributed by atoms with Gasteiger partial charge in [0.25, 0.3) is 0 Å². The van der Waals surface area contributed by atoms with Gasteiger partial charge in [-0.25, -0.2) is 0 Å². The smallest absolute Gasteiger partial charge is 0.119 e. The van der Waals surface area contributed by atoms with Gasteiger partial charge in [-0.05, 0) is 37.7 Å². The number of hydrogen-bond acceptors (Lipinski definition) is 4. The van der Waals surface area contributed by atoms with Crippen LogP contribution in [0.15, 0.2) is 24.3 Å². The number of benzene rings is 1. The van der Waals surface area contributed by atoms with Crippen LogP contribution in [-0.2, 0) is 0 Å². The van der Waals surface area contributed by atoms with E-state index in [9.17, 15) is 5.11 Å². The zero-order chi connectivity index (χ0) is 12.5. The van der Waals surface area contributed by atoms with E-state index in [0.29, 0.717) is 19.8 Å². The average Bonchev–Trinajstić information content (AvgIpc) is 2.36. The monoisotopic (exact) mass is 239 g/mol. The van der Waals surface area contributed by atoms with E-state index in [-0.39, 0.29) is 0 Å². The summed E-state index contributed by atoms with van der Waals surface area (Å²) in [5.74, 6) is 1.57. The molecule has 0 saturated carbocycles. The van der Waals surface area contributed by atoms with Crippen LogP contribution in [-0.4, -0.2) is 37.5 Å². The Hall–Kier alpha value is -1.26. The molecule has 4 nitrogen and oxygen atoms in total. The van der Waals surface area contributed by atoms with Crippen LogP contribution in [0.5, 0.6) is 11.5 Å². The molecule has 0 fully saturated rings. The zero-order valence-corrected chi connectivity index (χ0v) is 10.5. The predicted octanol–water partition coefficient (Wildman–Crippen LogP) is 1.43. The topological polar surface area (TPSA) is 50.7 Å². The van der Waals surface area contributed by atoms with Gasteiger partial charge in [-0.3, -0.25) is 0 Å². The van der Waals surface area contributed by atoms with Crippen molar-refractivity contribution in [3.05, 3.63) is 24.3 Å². The molecule has 0 bridgehead atoms. The van der Waals surface area contributed by atoms with E-state index in [4.69, 9.17) is 9.47 Å². The first-order valence-corrected chi connectivity index (χ1v) is 6.00. The standard InChI is InChI=1S/C13H21NO3/c1-3-14-9-11(15)10-17-13-7-5-12(6-8-13)16-4-2/h5-8,11,14-15H,3-4,9-10H2,1-2H3. The lowest BCUT2D eigenvalue weighted by Crippen LogP contribution is -2.31. The fourth-order valence-corrected chi connectivity index (χ4v) is 1.36. The molecular weight excluding hydrogens is 218 g/mol. The Labute approximate surface area is 103 Å². The third kappa shape index (κ3) is 5.56. The first-order chi connectivity index (χ1) is 8.26. The fraction of sp³-hybridized carbons (Fsp3) is 0.538. The highest BCUT2D eigenvalue weighted by Gasteiger charge is 2.04. The van der Waals surface area contributed by atoms with Gasteiger partial charge in [0.05, 0.1) is 6.61 Å². The molecular formula is C13H21NO3. The summed E-state index contributed by atoms with van der Waals surface area (Å²) in [4.78, 5) is 0. The number of nitrogens with one attached hydrogen (secondary N) is 1. The van der Waals surface area contributed by atoms with Gasteiger partial charge in [0.15, 0.2) is 0 Å². The molecule has 2 N–H and O–H groups in total. The number of hydrogen-bond donors (Lipinski definition) is 2. The molecule has 4 heteroatoms. The van der Waals surface area contributed by atoms with Crippen LogP contribution in [0.4, 0.5) is 0 Å². The molecule has 1 aromatic carbocycles. The third-order valence-corrected chi connectivity index (χ3v) is 2.21. The summed E-state index contributed by atoms with van der Waals surface area (Å²) in [7, 11) is 0.